The summed E-state index contributed by atoms with van der Waals surface area (Å²) >= 11 is 0. The first kappa shape index (κ1) is 22.7. The van der Waals surface area contributed by atoms with Gasteiger partial charge in [0, 0.05) is 32.6 Å². The third kappa shape index (κ3) is 4.99. The van der Waals surface area contributed by atoms with Gasteiger partial charge in [0.1, 0.15) is 17.6 Å². The lowest BCUT2D eigenvalue weighted by Gasteiger charge is -2.30. The fraction of sp³-hybridized carbons (Fsp3) is 0.400. The molecule has 0 spiro atoms. The van der Waals surface area contributed by atoms with Crippen LogP contribution in [0.15, 0.2) is 41.4 Å². The quantitative estimate of drug-likeness (QED) is 0.521. The molecule has 8 heteroatoms. The number of amides is 1. The van der Waals surface area contributed by atoms with E-state index >= 15 is 0 Å². The molecule has 172 valence electrons. The van der Waals surface area contributed by atoms with Gasteiger partial charge in [-0.05, 0) is 47.7 Å². The number of likely N-dealkylation sites (N-methyl/N-ethyl adjacent to an activating group) is 1. The number of ether oxygens (including phenoxy) is 1. The van der Waals surface area contributed by atoms with E-state index in [1.54, 1.807) is 19.5 Å². The summed E-state index contributed by atoms with van der Waals surface area (Å²) in [6.07, 6.45) is 4.26. The Kier molecular flexibility index (Phi) is 6.90. The van der Waals surface area contributed by atoms with Crippen LogP contribution in [0.5, 0.6) is 5.75 Å². The fourth-order valence-corrected chi connectivity index (χ4v) is 4.40. The maximum atomic E-state index is 14.6. The van der Waals surface area contributed by atoms with E-state index in [2.05, 4.69) is 10.2 Å². The van der Waals surface area contributed by atoms with Gasteiger partial charge in [-0.3, -0.25) is 9.79 Å². The Labute approximate surface area is 193 Å². The van der Waals surface area contributed by atoms with Crippen molar-refractivity contribution in [2.75, 3.05) is 26.7 Å². The van der Waals surface area contributed by atoms with Gasteiger partial charge in [0.25, 0.3) is 0 Å². The van der Waals surface area contributed by atoms with E-state index in [9.17, 15) is 9.18 Å². The van der Waals surface area contributed by atoms with E-state index in [1.807, 2.05) is 24.3 Å². The second-order valence-corrected chi connectivity index (χ2v) is 8.49. The number of halogens is 1. The highest BCUT2D eigenvalue weighted by Gasteiger charge is 2.32. The smallest absolute Gasteiger partial charge is 0.229 e. The number of hydrogen-bond donors (Lipinski definition) is 2. The zero-order valence-corrected chi connectivity index (χ0v) is 18.6. The van der Waals surface area contributed by atoms with Gasteiger partial charge in [0.15, 0.2) is 0 Å². The Morgan fingerprint density at radius 3 is 2.76 bits per heavy atom. The number of carbonyl (C=O) groups is 1. The molecular weight excluding hydrogens is 421 g/mol. The molecular formula is C25H28FN5O2. The minimum absolute atomic E-state index is 0.0438. The maximum Gasteiger partial charge on any atom is 0.229 e. The standard InChI is InChI=1S/C25H28FN5O2/c1-29-25(32)23(17-4-5-22-16(12-17)8-11-33-22)24(18-2-3-19(14-27)21(26)13-18)30-15-31-9-6-20(28)7-10-31/h2-5,12-13,15,20,23-24H,6-11,28H2,1H3,(H,29,32). The fourth-order valence-electron chi connectivity index (χ4n) is 4.40. The number of benzene rings is 2. The summed E-state index contributed by atoms with van der Waals surface area (Å²) in [5, 5.41) is 11.9. The first-order valence-electron chi connectivity index (χ1n) is 11.2. The summed E-state index contributed by atoms with van der Waals surface area (Å²) in [7, 11) is 1.58. The van der Waals surface area contributed by atoms with Crippen LogP contribution in [-0.2, 0) is 11.2 Å². The van der Waals surface area contributed by atoms with Crippen molar-refractivity contribution < 1.29 is 13.9 Å². The summed E-state index contributed by atoms with van der Waals surface area (Å²) < 4.78 is 20.2. The average molecular weight is 450 g/mol. The van der Waals surface area contributed by atoms with Crippen LogP contribution in [0.3, 0.4) is 0 Å². The molecule has 2 unspecified atom stereocenters. The number of nitrogens with zero attached hydrogens (tertiary/aromatic N) is 3. The molecule has 0 aliphatic carbocycles. The second kappa shape index (κ2) is 10.0. The van der Waals surface area contributed by atoms with Crippen LogP contribution in [-0.4, -0.2) is 49.9 Å². The van der Waals surface area contributed by atoms with Crippen molar-refractivity contribution in [2.45, 2.75) is 37.3 Å². The van der Waals surface area contributed by atoms with Gasteiger partial charge in [0.2, 0.25) is 5.91 Å². The molecule has 1 amide bonds. The minimum Gasteiger partial charge on any atom is -0.493 e. The lowest BCUT2D eigenvalue weighted by molar-refractivity contribution is -0.122. The van der Waals surface area contributed by atoms with Crippen LogP contribution in [0.2, 0.25) is 0 Å². The number of piperidine rings is 1. The molecule has 0 radical (unpaired) electrons. The Hall–Kier alpha value is -3.44. The van der Waals surface area contributed by atoms with E-state index in [4.69, 9.17) is 20.7 Å². The number of nitrogens with one attached hydrogen (secondary N) is 1. The van der Waals surface area contributed by atoms with Crippen LogP contribution >= 0.6 is 0 Å². The lowest BCUT2D eigenvalue weighted by Crippen LogP contribution is -2.39. The van der Waals surface area contributed by atoms with E-state index in [0.29, 0.717) is 12.2 Å². The monoisotopic (exact) mass is 449 g/mol. The van der Waals surface area contributed by atoms with Crippen LogP contribution in [0, 0.1) is 17.1 Å². The Balaban J connectivity index is 1.75. The topological polar surface area (TPSA) is 104 Å². The number of carbonyl (C=O) groups excluding carboxylic acids is 1. The van der Waals surface area contributed by atoms with Gasteiger partial charge >= 0.3 is 0 Å². The van der Waals surface area contributed by atoms with Crippen molar-refractivity contribution >= 4 is 12.2 Å². The predicted octanol–water partition coefficient (Wildman–Crippen LogP) is 2.65. The Bertz CT molecular complexity index is 1090. The van der Waals surface area contributed by atoms with Crippen molar-refractivity contribution in [3.8, 4) is 11.8 Å². The molecule has 0 bridgehead atoms. The number of nitrogens with two attached hydrogens (primary N) is 1. The Morgan fingerprint density at radius 2 is 2.06 bits per heavy atom. The number of nitriles is 1. The van der Waals surface area contributed by atoms with Crippen molar-refractivity contribution in [3.63, 3.8) is 0 Å². The SMILES string of the molecule is CNC(=O)C(c1ccc2c(c1)CCO2)C(N=CN1CCC(N)CC1)c1ccc(C#N)c(F)c1. The molecule has 2 aromatic rings. The first-order chi connectivity index (χ1) is 16.0. The van der Waals surface area contributed by atoms with Crippen molar-refractivity contribution in [1.82, 2.24) is 10.2 Å². The average Bonchev–Trinajstić information content (AvgIpc) is 3.30. The third-order valence-corrected chi connectivity index (χ3v) is 6.34. The molecule has 3 N–H and O–H groups in total. The van der Waals surface area contributed by atoms with E-state index in [1.165, 1.54) is 12.1 Å². The van der Waals surface area contributed by atoms with Gasteiger partial charge in [-0.25, -0.2) is 4.39 Å². The summed E-state index contributed by atoms with van der Waals surface area (Å²) in [5.41, 5.74) is 8.32. The van der Waals surface area contributed by atoms with Gasteiger partial charge < -0.3 is 20.7 Å². The minimum atomic E-state index is -0.684. The summed E-state index contributed by atoms with van der Waals surface area (Å²) in [5.74, 6) is -0.710. The number of hydrogen-bond acceptors (Lipinski definition) is 5. The van der Waals surface area contributed by atoms with Crippen molar-refractivity contribution in [3.05, 3.63) is 64.5 Å². The normalized spacial score (nSPS) is 17.8. The highest BCUT2D eigenvalue weighted by Crippen LogP contribution is 2.38. The van der Waals surface area contributed by atoms with Crippen molar-refractivity contribution in [2.24, 2.45) is 10.7 Å². The van der Waals surface area contributed by atoms with Crippen LogP contribution in [0.25, 0.3) is 0 Å². The second-order valence-electron chi connectivity index (χ2n) is 8.49. The van der Waals surface area contributed by atoms with Gasteiger partial charge in [-0.15, -0.1) is 0 Å². The third-order valence-electron chi connectivity index (χ3n) is 6.34. The molecule has 0 saturated carbocycles. The highest BCUT2D eigenvalue weighted by molar-refractivity contribution is 5.85. The van der Waals surface area contributed by atoms with E-state index in [-0.39, 0.29) is 17.5 Å². The van der Waals surface area contributed by atoms with Crippen LogP contribution in [0.4, 0.5) is 4.39 Å². The molecule has 2 aliphatic heterocycles. The molecule has 2 atom stereocenters. The maximum absolute atomic E-state index is 14.6. The molecule has 4 rings (SSSR count). The molecule has 2 aliphatic rings. The number of fused-ring (bicyclic) bond motifs is 1. The van der Waals surface area contributed by atoms with Gasteiger partial charge in [-0.1, -0.05) is 18.2 Å². The zero-order chi connectivity index (χ0) is 23.4. The van der Waals surface area contributed by atoms with E-state index < -0.39 is 17.8 Å². The van der Waals surface area contributed by atoms with Crippen molar-refractivity contribution in [1.29, 1.82) is 5.26 Å². The zero-order valence-electron chi connectivity index (χ0n) is 18.6. The first-order valence-corrected chi connectivity index (χ1v) is 11.2. The Morgan fingerprint density at radius 1 is 1.30 bits per heavy atom. The van der Waals surface area contributed by atoms with E-state index in [0.717, 1.165) is 49.2 Å². The summed E-state index contributed by atoms with van der Waals surface area (Å²) in [6.45, 7) is 2.17. The number of likely N-dealkylation sites (tertiary alicyclic amines) is 1. The summed E-state index contributed by atoms with van der Waals surface area (Å²) in [6, 6.07) is 11.5. The van der Waals surface area contributed by atoms with Crippen LogP contribution in [0.1, 0.15) is 47.1 Å². The van der Waals surface area contributed by atoms with Gasteiger partial charge in [0.05, 0.1) is 30.5 Å². The molecule has 0 aromatic heterocycles. The largest absolute Gasteiger partial charge is 0.493 e. The molecule has 7 nitrogen and oxygen atoms in total. The molecule has 1 fully saturated rings. The molecule has 33 heavy (non-hydrogen) atoms. The highest BCUT2D eigenvalue weighted by atomic mass is 19.1. The molecule has 2 heterocycles. The lowest BCUT2D eigenvalue weighted by atomic mass is 9.85. The number of aliphatic imine (C=N–C) groups is 1. The molecule has 1 saturated heterocycles. The molecule has 2 aromatic carbocycles. The predicted molar refractivity (Wildman–Crippen MR) is 124 cm³/mol. The van der Waals surface area contributed by atoms with Gasteiger partial charge in [-0.2, -0.15) is 5.26 Å². The van der Waals surface area contributed by atoms with Crippen LogP contribution < -0.4 is 15.8 Å². The number of rotatable bonds is 6. The summed E-state index contributed by atoms with van der Waals surface area (Å²) in [4.78, 5) is 20.0.